The van der Waals surface area contributed by atoms with Crippen LogP contribution >= 0.6 is 58.4 Å². The molecule has 0 radical (unpaired) electrons. The maximum absolute atomic E-state index is 13.7. The summed E-state index contributed by atoms with van der Waals surface area (Å²) in [7, 11) is 0. The van der Waals surface area contributed by atoms with E-state index in [-0.39, 0.29) is 38.2 Å². The number of carbonyl (C=O) groups is 6. The summed E-state index contributed by atoms with van der Waals surface area (Å²) in [6.07, 6.45) is 2.65. The molecule has 254 valence electrons. The van der Waals surface area contributed by atoms with Gasteiger partial charge in [0, 0.05) is 4.90 Å². The first-order valence-corrected chi connectivity index (χ1v) is 16.9. The molecule has 5 rings (SSSR count). The molecule has 1 saturated heterocycles. The summed E-state index contributed by atoms with van der Waals surface area (Å²) >= 11 is 8.12. The van der Waals surface area contributed by atoms with Gasteiger partial charge in [0.15, 0.2) is 0 Å². The monoisotopic (exact) mass is 766 g/mol. The predicted octanol–water partition coefficient (Wildman–Crippen LogP) is -0.341. The Kier molecular flexibility index (Phi) is 9.96. The lowest BCUT2D eigenvalue weighted by atomic mass is 10.2. The SMILES string of the molecule is O=C(O)CN1C(=O)/C(=c2/s/c(=c3\sc(=CC=C4Sc5ccc(C(=O)O)cc5N4CC(=O)O)c(=O)n3CC(=O)O)c(=O)n2CC(=O)O)SC1=S. The number of allylic oxidation sites excluding steroid dienone is 1. The molecule has 4 heterocycles. The normalized spacial score (nSPS) is 17.2. The van der Waals surface area contributed by atoms with Gasteiger partial charge in [-0.05, 0) is 30.4 Å². The number of thioether (sulfide) groups is 2. The molecule has 2 aromatic heterocycles. The van der Waals surface area contributed by atoms with Crippen molar-refractivity contribution >= 4 is 115 Å². The van der Waals surface area contributed by atoms with Crippen LogP contribution < -0.4 is 25.2 Å². The molecule has 1 aromatic carbocycles. The summed E-state index contributed by atoms with van der Waals surface area (Å²) in [5, 5.41) is 47.5. The molecule has 0 bridgehead atoms. The van der Waals surface area contributed by atoms with Gasteiger partial charge in [-0.2, -0.15) is 0 Å². The fourth-order valence-electron chi connectivity index (χ4n) is 4.58. The number of hydrogen-bond donors (Lipinski definition) is 5. The number of hydrogen-bond acceptors (Lipinski definition) is 14. The number of nitrogens with zero attached hydrogens (tertiary/aromatic N) is 4. The number of rotatable bonds is 10. The molecule has 5 N–H and O–H groups in total. The van der Waals surface area contributed by atoms with Crippen LogP contribution in [0.5, 0.6) is 0 Å². The van der Waals surface area contributed by atoms with E-state index in [2.05, 4.69) is 0 Å². The number of carbonyl (C=O) groups excluding carboxylic acids is 1. The van der Waals surface area contributed by atoms with Crippen molar-refractivity contribution in [2.75, 3.05) is 18.0 Å². The summed E-state index contributed by atoms with van der Waals surface area (Å²) < 4.78 is 0.582. The molecule has 0 spiro atoms. The van der Waals surface area contributed by atoms with E-state index >= 15 is 0 Å². The molecule has 0 unspecified atom stereocenters. The lowest BCUT2D eigenvalue weighted by Gasteiger charge is -2.17. The van der Waals surface area contributed by atoms with E-state index in [9.17, 15) is 63.9 Å². The Morgan fingerprint density at radius 3 is 1.90 bits per heavy atom. The third-order valence-electron chi connectivity index (χ3n) is 6.56. The second kappa shape index (κ2) is 13.8. The molecule has 1 amide bonds. The van der Waals surface area contributed by atoms with E-state index in [1.807, 2.05) is 0 Å². The molecular formula is C27H18N4O13S5. The average Bonchev–Trinajstić information content (AvgIpc) is 3.69. The van der Waals surface area contributed by atoms with Gasteiger partial charge in [0.25, 0.3) is 17.0 Å². The minimum atomic E-state index is -1.47. The van der Waals surface area contributed by atoms with E-state index in [1.54, 1.807) is 0 Å². The van der Waals surface area contributed by atoms with Gasteiger partial charge in [-0.15, -0.1) is 22.7 Å². The Morgan fingerprint density at radius 1 is 0.714 bits per heavy atom. The fraction of sp³-hybridized carbons (Fsp3) is 0.148. The Labute approximate surface area is 292 Å². The molecule has 49 heavy (non-hydrogen) atoms. The number of carboxylic acids is 5. The van der Waals surface area contributed by atoms with Crippen molar-refractivity contribution in [3.8, 4) is 0 Å². The Morgan fingerprint density at radius 2 is 1.31 bits per heavy atom. The number of thiazole rings is 2. The molecule has 1 fully saturated rings. The predicted molar refractivity (Wildman–Crippen MR) is 179 cm³/mol. The van der Waals surface area contributed by atoms with Crippen molar-refractivity contribution in [3.63, 3.8) is 0 Å². The number of fused-ring (bicyclic) bond motifs is 1. The van der Waals surface area contributed by atoms with Crippen molar-refractivity contribution in [2.24, 2.45) is 0 Å². The zero-order valence-electron chi connectivity index (χ0n) is 24.0. The van der Waals surface area contributed by atoms with Gasteiger partial charge < -0.3 is 30.4 Å². The van der Waals surface area contributed by atoms with E-state index in [1.165, 1.54) is 35.3 Å². The summed E-state index contributed by atoms with van der Waals surface area (Å²) in [6, 6.07) is 4.14. The molecule has 22 heteroatoms. The quantitative estimate of drug-likeness (QED) is 0.165. The largest absolute Gasteiger partial charge is 0.480 e. The van der Waals surface area contributed by atoms with Crippen LogP contribution in [-0.2, 0) is 37.1 Å². The smallest absolute Gasteiger partial charge is 0.335 e. The van der Waals surface area contributed by atoms with Crippen molar-refractivity contribution in [1.82, 2.24) is 14.0 Å². The summed E-state index contributed by atoms with van der Waals surface area (Å²) in [5.74, 6) is -7.67. The van der Waals surface area contributed by atoms with E-state index in [0.717, 1.165) is 25.8 Å². The average molecular weight is 767 g/mol. The third kappa shape index (κ3) is 7.07. The van der Waals surface area contributed by atoms with Crippen molar-refractivity contribution in [2.45, 2.75) is 18.0 Å². The van der Waals surface area contributed by atoms with Crippen LogP contribution in [0.1, 0.15) is 10.4 Å². The topological polar surface area (TPSA) is 254 Å². The fourth-order valence-corrected chi connectivity index (χ4v) is 9.35. The van der Waals surface area contributed by atoms with Crippen molar-refractivity contribution in [3.05, 3.63) is 74.0 Å². The van der Waals surface area contributed by atoms with Gasteiger partial charge in [0.05, 0.1) is 20.8 Å². The minimum Gasteiger partial charge on any atom is -0.480 e. The lowest BCUT2D eigenvalue weighted by Crippen LogP contribution is -2.35. The van der Waals surface area contributed by atoms with Gasteiger partial charge in [-0.3, -0.25) is 47.6 Å². The van der Waals surface area contributed by atoms with Gasteiger partial charge >= 0.3 is 29.8 Å². The first kappa shape index (κ1) is 35.3. The molecule has 3 aromatic rings. The molecule has 0 atom stereocenters. The van der Waals surface area contributed by atoms with Gasteiger partial charge in [-0.25, -0.2) is 4.79 Å². The first-order chi connectivity index (χ1) is 23.1. The van der Waals surface area contributed by atoms with Crippen LogP contribution in [-0.4, -0.2) is 92.7 Å². The number of aromatic nitrogens is 2. The third-order valence-corrected chi connectivity index (χ3v) is 11.7. The van der Waals surface area contributed by atoms with Crippen LogP contribution in [0.2, 0.25) is 0 Å². The number of thiocarbonyl (C=S) groups is 1. The maximum atomic E-state index is 13.7. The highest BCUT2D eigenvalue weighted by atomic mass is 32.2. The van der Waals surface area contributed by atoms with Crippen LogP contribution in [0.3, 0.4) is 0 Å². The standard InChI is InChI=1S/C27H18N4O13S5/c32-15(33)6-28-11-5-10(26(43)44)1-2-12(11)46-14(28)4-3-13-21(40)29(7-16(34)35)24(47-13)19-22(41)30(8-17(36)37)25(48-19)20-23(42)31(9-18(38)39)27(45)49-20/h1-5H,6-9H2,(H,32,33)(H,34,35)(H,36,37)(H,38,39)(H,43,44)/b13-3?,14-4?,24-19-,25-20-. The second-order valence-corrected chi connectivity index (χ2v) is 14.5. The van der Waals surface area contributed by atoms with E-state index < -0.39 is 73.1 Å². The molecule has 0 aliphatic carbocycles. The van der Waals surface area contributed by atoms with E-state index in [4.69, 9.17) is 12.2 Å². The molecule has 2 aliphatic rings. The number of aromatic carboxylic acids is 1. The van der Waals surface area contributed by atoms with E-state index in [0.29, 0.717) is 45.0 Å². The van der Waals surface area contributed by atoms with Crippen molar-refractivity contribution < 1.29 is 54.3 Å². The van der Waals surface area contributed by atoms with Crippen molar-refractivity contribution in [1.29, 1.82) is 0 Å². The summed E-state index contributed by atoms with van der Waals surface area (Å²) in [4.78, 5) is 101. The zero-order chi connectivity index (χ0) is 35.9. The minimum absolute atomic E-state index is 0.0874. The molecule has 17 nitrogen and oxygen atoms in total. The Balaban J connectivity index is 1.76. The first-order valence-electron chi connectivity index (χ1n) is 13.2. The van der Waals surface area contributed by atoms with Crippen LogP contribution in [0.25, 0.3) is 11.0 Å². The molecular weight excluding hydrogens is 749 g/mol. The molecule has 2 aliphatic heterocycles. The number of benzene rings is 1. The highest BCUT2D eigenvalue weighted by molar-refractivity contribution is 8.30. The summed E-state index contributed by atoms with van der Waals surface area (Å²) in [6.45, 7) is -3.20. The lowest BCUT2D eigenvalue weighted by molar-refractivity contribution is -0.140. The number of anilines is 1. The van der Waals surface area contributed by atoms with Gasteiger partial charge in [0.1, 0.15) is 49.3 Å². The van der Waals surface area contributed by atoms with Crippen LogP contribution in [0.4, 0.5) is 5.69 Å². The number of aliphatic carboxylic acids is 4. The summed E-state index contributed by atoms with van der Waals surface area (Å²) in [5.41, 5.74) is -1.62. The zero-order valence-corrected chi connectivity index (χ0v) is 28.1. The highest BCUT2D eigenvalue weighted by Gasteiger charge is 2.35. The number of carboxylic acid groups (broad SMARTS) is 5. The Hall–Kier alpha value is -5.03. The second-order valence-electron chi connectivity index (χ2n) is 9.80. The number of amides is 1. The maximum Gasteiger partial charge on any atom is 0.335 e. The highest BCUT2D eigenvalue weighted by Crippen LogP contribution is 2.46. The van der Waals surface area contributed by atoms with Crippen LogP contribution in [0.15, 0.2) is 43.8 Å². The van der Waals surface area contributed by atoms with Gasteiger partial charge in [0.2, 0.25) is 0 Å². The van der Waals surface area contributed by atoms with Crippen LogP contribution in [0, 0.1) is 9.20 Å². The Bertz CT molecular complexity index is 2410. The van der Waals surface area contributed by atoms with Gasteiger partial charge in [-0.1, -0.05) is 35.7 Å². The molecule has 0 saturated carbocycles.